The molecular formula is C22H28BNO5. The maximum absolute atomic E-state index is 10.3. The third-order valence-corrected chi connectivity index (χ3v) is 7.39. The number of fused-ring (bicyclic) bond motifs is 2. The van der Waals surface area contributed by atoms with E-state index in [2.05, 4.69) is 13.8 Å². The molecule has 154 valence electrons. The maximum atomic E-state index is 10.3. The number of rotatable bonds is 4. The Kier molecular flexibility index (Phi) is 4.46. The summed E-state index contributed by atoms with van der Waals surface area (Å²) in [4.78, 5) is 1.78. The predicted molar refractivity (Wildman–Crippen MR) is 108 cm³/mol. The zero-order valence-corrected chi connectivity index (χ0v) is 16.9. The first-order valence-electron chi connectivity index (χ1n) is 10.5. The lowest BCUT2D eigenvalue weighted by atomic mass is 9.45. The van der Waals surface area contributed by atoms with E-state index in [1.807, 2.05) is 30.3 Å². The number of benzene rings is 1. The molecule has 4 unspecified atom stereocenters. The summed E-state index contributed by atoms with van der Waals surface area (Å²) < 4.78 is 16.8. The van der Waals surface area contributed by atoms with Crippen LogP contribution in [0.25, 0.3) is 0 Å². The number of hydrogen-bond acceptors (Lipinski definition) is 6. The summed E-state index contributed by atoms with van der Waals surface area (Å²) in [5.41, 5.74) is 1.40. The van der Waals surface area contributed by atoms with E-state index in [0.717, 1.165) is 18.0 Å². The lowest BCUT2D eigenvalue weighted by Gasteiger charge is -2.60. The van der Waals surface area contributed by atoms with Crippen molar-refractivity contribution in [2.24, 2.45) is 23.2 Å². The van der Waals surface area contributed by atoms with Crippen LogP contribution >= 0.6 is 0 Å². The molecule has 6 rings (SSSR count). The molecule has 1 aromatic rings. The maximum Gasteiger partial charge on any atom is 0.633 e. The molecule has 4 fully saturated rings. The first-order chi connectivity index (χ1) is 13.9. The van der Waals surface area contributed by atoms with Crippen molar-refractivity contribution < 1.29 is 24.3 Å². The van der Waals surface area contributed by atoms with Gasteiger partial charge >= 0.3 is 7.12 Å². The molecule has 1 aromatic carbocycles. The fourth-order valence-electron chi connectivity index (χ4n) is 5.58. The second-order valence-electron chi connectivity index (χ2n) is 9.37. The Labute approximate surface area is 171 Å². The number of aliphatic hydroxyl groups is 2. The molecule has 6 nitrogen and oxygen atoms in total. The molecular weight excluding hydrogens is 369 g/mol. The fraction of sp³-hybridized carbons (Fsp3) is 0.545. The van der Waals surface area contributed by atoms with Crippen LogP contribution in [-0.2, 0) is 14.0 Å². The van der Waals surface area contributed by atoms with Gasteiger partial charge in [-0.15, -0.1) is 0 Å². The first kappa shape index (κ1) is 18.7. The third kappa shape index (κ3) is 3.46. The Morgan fingerprint density at radius 3 is 2.38 bits per heavy atom. The quantitative estimate of drug-likeness (QED) is 0.583. The average molecular weight is 397 g/mol. The number of ether oxygens (including phenoxy) is 1. The summed E-state index contributed by atoms with van der Waals surface area (Å²) in [6.07, 6.45) is 6.60. The van der Waals surface area contributed by atoms with E-state index in [0.29, 0.717) is 17.3 Å². The topological polar surface area (TPSA) is 74.7 Å². The minimum Gasteiger partial charge on any atom is -0.496 e. The third-order valence-electron chi connectivity index (χ3n) is 7.39. The zero-order valence-electron chi connectivity index (χ0n) is 16.9. The SMILES string of the molecule is CC1(C)C2C[C@H]1CCC2CN1C=C(O)OB(C2OC2c2ccccc2)O/C(O)=C\1. The van der Waals surface area contributed by atoms with E-state index in [1.165, 1.54) is 31.7 Å². The molecule has 2 bridgehead atoms. The molecule has 3 aliphatic carbocycles. The van der Waals surface area contributed by atoms with E-state index in [9.17, 15) is 10.2 Å². The molecule has 7 heteroatoms. The Balaban J connectivity index is 1.25. The van der Waals surface area contributed by atoms with Gasteiger partial charge in [-0.1, -0.05) is 44.2 Å². The summed E-state index contributed by atoms with van der Waals surface area (Å²) in [6, 6.07) is 9.38. The van der Waals surface area contributed by atoms with Gasteiger partial charge in [-0.05, 0) is 48.0 Å². The minimum absolute atomic E-state index is 0.173. The Morgan fingerprint density at radius 2 is 1.76 bits per heavy atom. The van der Waals surface area contributed by atoms with Crippen molar-refractivity contribution in [3.63, 3.8) is 0 Å². The second-order valence-corrected chi connectivity index (χ2v) is 9.37. The number of nitrogens with zero attached hydrogens (tertiary/aromatic N) is 1. The highest BCUT2D eigenvalue weighted by Crippen LogP contribution is 2.61. The highest BCUT2D eigenvalue weighted by molar-refractivity contribution is 6.48. The van der Waals surface area contributed by atoms with Crippen molar-refractivity contribution >= 4 is 7.12 Å². The Hall–Kier alpha value is -2.28. The highest BCUT2D eigenvalue weighted by atomic mass is 16.7. The molecule has 3 saturated carbocycles. The lowest BCUT2D eigenvalue weighted by molar-refractivity contribution is -0.108. The van der Waals surface area contributed by atoms with Crippen LogP contribution in [-0.4, -0.2) is 34.8 Å². The molecule has 0 aromatic heterocycles. The van der Waals surface area contributed by atoms with E-state index >= 15 is 0 Å². The summed E-state index contributed by atoms with van der Waals surface area (Å²) in [6.45, 7) is 5.45. The van der Waals surface area contributed by atoms with Gasteiger partial charge in [-0.3, -0.25) is 0 Å². The zero-order chi connectivity index (χ0) is 20.2. The van der Waals surface area contributed by atoms with Crippen molar-refractivity contribution in [3.05, 3.63) is 60.2 Å². The largest absolute Gasteiger partial charge is 0.633 e. The van der Waals surface area contributed by atoms with E-state index < -0.39 is 7.12 Å². The summed E-state index contributed by atoms with van der Waals surface area (Å²) in [5.74, 6) is 1.57. The monoisotopic (exact) mass is 397 g/mol. The predicted octanol–water partition coefficient (Wildman–Crippen LogP) is 4.29. The van der Waals surface area contributed by atoms with Gasteiger partial charge in [0.25, 0.3) is 11.9 Å². The van der Waals surface area contributed by atoms with E-state index in [4.69, 9.17) is 14.0 Å². The van der Waals surface area contributed by atoms with Crippen LogP contribution in [0, 0.1) is 23.2 Å². The fourth-order valence-corrected chi connectivity index (χ4v) is 5.58. The second kappa shape index (κ2) is 6.90. The van der Waals surface area contributed by atoms with Gasteiger partial charge in [0.05, 0.1) is 12.4 Å². The van der Waals surface area contributed by atoms with Gasteiger partial charge in [0.15, 0.2) is 6.00 Å². The first-order valence-corrected chi connectivity index (χ1v) is 10.5. The van der Waals surface area contributed by atoms with Crippen LogP contribution in [0.4, 0.5) is 0 Å². The molecule has 2 heterocycles. The molecule has 2 N–H and O–H groups in total. The summed E-state index contributed by atoms with van der Waals surface area (Å²) in [5, 5.41) is 20.7. The standard InChI is InChI=1S/C22H28BNO5/c1-22(2)16-9-8-15(17(22)10-16)11-24-12-18(25)28-23(29-19(26)13-24)21-20(27-21)14-6-4-3-5-7-14/h3-7,12-13,15-17,20-21,25-26H,8-11H2,1-2H3/b18-12-,19-13?/t15?,16-,17?,20?,21?/m1/s1. The van der Waals surface area contributed by atoms with Crippen molar-refractivity contribution in [2.75, 3.05) is 6.54 Å². The Morgan fingerprint density at radius 1 is 1.07 bits per heavy atom. The normalized spacial score (nSPS) is 37.0. The van der Waals surface area contributed by atoms with E-state index in [-0.39, 0.29) is 24.0 Å². The van der Waals surface area contributed by atoms with Crippen molar-refractivity contribution in [3.8, 4) is 0 Å². The molecule has 0 amide bonds. The van der Waals surface area contributed by atoms with E-state index in [1.54, 1.807) is 4.90 Å². The lowest BCUT2D eigenvalue weighted by Crippen LogP contribution is -2.54. The van der Waals surface area contributed by atoms with Crippen molar-refractivity contribution in [1.82, 2.24) is 4.90 Å². The molecule has 0 spiro atoms. The van der Waals surface area contributed by atoms with Crippen LogP contribution in [0.5, 0.6) is 0 Å². The van der Waals surface area contributed by atoms with Crippen molar-refractivity contribution in [2.45, 2.75) is 45.2 Å². The van der Waals surface area contributed by atoms with Crippen LogP contribution in [0.2, 0.25) is 0 Å². The molecule has 29 heavy (non-hydrogen) atoms. The molecule has 5 aliphatic rings. The molecule has 5 atom stereocenters. The van der Waals surface area contributed by atoms with Crippen LogP contribution in [0.15, 0.2) is 54.6 Å². The van der Waals surface area contributed by atoms with Crippen LogP contribution < -0.4 is 0 Å². The number of epoxide rings is 1. The van der Waals surface area contributed by atoms with Gasteiger partial charge in [-0.25, -0.2) is 0 Å². The highest BCUT2D eigenvalue weighted by Gasteiger charge is 2.56. The van der Waals surface area contributed by atoms with Gasteiger partial charge in [0.2, 0.25) is 0 Å². The number of aliphatic hydroxyl groups excluding tert-OH is 2. The molecule has 2 aliphatic heterocycles. The smallest absolute Gasteiger partial charge is 0.496 e. The Bertz CT molecular complexity index is 802. The molecule has 0 radical (unpaired) electrons. The van der Waals surface area contributed by atoms with Gasteiger partial charge < -0.3 is 29.2 Å². The molecule has 1 saturated heterocycles. The number of hydrogen-bond donors (Lipinski definition) is 2. The van der Waals surface area contributed by atoms with Gasteiger partial charge in [0, 0.05) is 6.54 Å². The summed E-state index contributed by atoms with van der Waals surface area (Å²) >= 11 is 0. The average Bonchev–Trinajstić information content (AvgIpc) is 3.47. The van der Waals surface area contributed by atoms with Crippen molar-refractivity contribution in [1.29, 1.82) is 0 Å². The van der Waals surface area contributed by atoms with Crippen LogP contribution in [0.3, 0.4) is 0 Å². The summed E-state index contributed by atoms with van der Waals surface area (Å²) in [7, 11) is -0.907. The van der Waals surface area contributed by atoms with Gasteiger partial charge in [0.1, 0.15) is 6.10 Å². The minimum atomic E-state index is -0.907. The van der Waals surface area contributed by atoms with Crippen LogP contribution in [0.1, 0.15) is 44.8 Å². The van der Waals surface area contributed by atoms with Gasteiger partial charge in [-0.2, -0.15) is 0 Å².